The minimum absolute atomic E-state index is 0.110. The maximum Gasteiger partial charge on any atom is 0.430 e. The molecule has 2 aliphatic rings. The van der Waals surface area contributed by atoms with Crippen molar-refractivity contribution in [3.05, 3.63) is 75.2 Å². The number of rotatable bonds is 9. The van der Waals surface area contributed by atoms with Crippen molar-refractivity contribution in [3.63, 3.8) is 0 Å². The molecule has 5 rings (SSSR count). The number of hydrogen-bond donors (Lipinski definition) is 2. The van der Waals surface area contributed by atoms with Crippen LogP contribution in [0.5, 0.6) is 0 Å². The molecule has 0 unspecified atom stereocenters. The quantitative estimate of drug-likeness (QED) is 0.286. The Labute approximate surface area is 279 Å². The summed E-state index contributed by atoms with van der Waals surface area (Å²) in [6.07, 6.45) is 1.63. The second-order valence-corrected chi connectivity index (χ2v) is 13.1. The Morgan fingerprint density at radius 1 is 0.935 bits per heavy atom. The number of nitrogens with zero attached hydrogens (tertiary/aromatic N) is 5. The van der Waals surface area contributed by atoms with Crippen molar-refractivity contribution in [2.45, 2.75) is 50.4 Å². The van der Waals surface area contributed by atoms with Crippen molar-refractivity contribution in [1.29, 1.82) is 0 Å². The van der Waals surface area contributed by atoms with E-state index in [0.717, 1.165) is 55.1 Å². The fraction of sp³-hybridized carbons (Fsp3) is 0.484. The van der Waals surface area contributed by atoms with Crippen molar-refractivity contribution in [2.24, 2.45) is 11.8 Å². The molecule has 1 aromatic heterocycles. The van der Waals surface area contributed by atoms with E-state index in [9.17, 15) is 27.9 Å². The zero-order chi connectivity index (χ0) is 33.1. The predicted octanol–water partition coefficient (Wildman–Crippen LogP) is 5.96. The first-order chi connectivity index (χ1) is 21.8. The van der Waals surface area contributed by atoms with Gasteiger partial charge >= 0.3 is 6.18 Å². The highest BCUT2D eigenvalue weighted by atomic mass is 35.5. The average Bonchev–Trinajstić information content (AvgIpc) is 3.53. The molecule has 2 aromatic carbocycles. The Morgan fingerprint density at radius 3 is 2.13 bits per heavy atom. The molecular weight excluding hydrogens is 668 g/mol. The molecule has 3 heterocycles. The summed E-state index contributed by atoms with van der Waals surface area (Å²) in [5.74, 6) is -0.981. The standard InChI is InChI=1S/C31H34Cl3F3N6O3/c32-23-14-22(15-24(33)16-23)30(46,31(35,36)37)29(45)42-10-5-21(6-11-42)13-20-3-8-41(9-4-20)25-1-2-26(27(34)17-25)28(44)39-7-12-43-19-38-18-40-43/h1-2,14-21,46H,3-13H2,(H,39,44)/t30-/m1/s1. The molecule has 0 radical (unpaired) electrons. The summed E-state index contributed by atoms with van der Waals surface area (Å²) < 4.78 is 44.1. The van der Waals surface area contributed by atoms with Crippen LogP contribution in [0.2, 0.25) is 15.1 Å². The summed E-state index contributed by atoms with van der Waals surface area (Å²) in [7, 11) is 0. The average molecular weight is 702 g/mol. The summed E-state index contributed by atoms with van der Waals surface area (Å²) in [5.41, 5.74) is -3.11. The number of amides is 2. The normalized spacial score (nSPS) is 18.0. The van der Waals surface area contributed by atoms with Crippen LogP contribution in [-0.2, 0) is 16.9 Å². The Hall–Kier alpha value is -3.06. The van der Waals surface area contributed by atoms with Crippen LogP contribution in [0.1, 0.15) is 48.0 Å². The Kier molecular flexibility index (Phi) is 10.7. The van der Waals surface area contributed by atoms with Gasteiger partial charge in [0.15, 0.2) is 0 Å². The minimum Gasteiger partial charge on any atom is -0.371 e. The maximum atomic E-state index is 14.1. The smallest absolute Gasteiger partial charge is 0.371 e. The SMILES string of the molecule is O=C(NCCn1cncn1)c1ccc(N2CCC(CC3CCN(C(=O)[C@](O)(c4cc(Cl)cc(Cl)c4)C(F)(F)F)CC3)CC2)cc1Cl. The van der Waals surface area contributed by atoms with E-state index in [2.05, 4.69) is 20.3 Å². The van der Waals surface area contributed by atoms with Gasteiger partial charge in [0.05, 0.1) is 17.1 Å². The van der Waals surface area contributed by atoms with Gasteiger partial charge in [0.25, 0.3) is 17.4 Å². The number of aliphatic hydroxyl groups is 1. The van der Waals surface area contributed by atoms with Crippen LogP contribution in [-0.4, -0.2) is 75.5 Å². The molecule has 9 nitrogen and oxygen atoms in total. The van der Waals surface area contributed by atoms with Gasteiger partial charge in [-0.15, -0.1) is 0 Å². The highest BCUT2D eigenvalue weighted by Gasteiger charge is 2.62. The van der Waals surface area contributed by atoms with E-state index in [0.29, 0.717) is 42.4 Å². The van der Waals surface area contributed by atoms with Gasteiger partial charge in [0.2, 0.25) is 0 Å². The van der Waals surface area contributed by atoms with Crippen LogP contribution < -0.4 is 10.2 Å². The predicted molar refractivity (Wildman–Crippen MR) is 169 cm³/mol. The molecule has 0 aliphatic carbocycles. The van der Waals surface area contributed by atoms with E-state index in [-0.39, 0.29) is 35.0 Å². The number of alkyl halides is 3. The molecule has 3 aromatic rings. The molecule has 0 spiro atoms. The molecular formula is C31H34Cl3F3N6O3. The van der Waals surface area contributed by atoms with Gasteiger partial charge in [-0.25, -0.2) is 4.98 Å². The minimum atomic E-state index is -5.26. The van der Waals surface area contributed by atoms with Crippen LogP contribution >= 0.6 is 34.8 Å². The van der Waals surface area contributed by atoms with E-state index in [1.807, 2.05) is 6.07 Å². The Balaban J connectivity index is 1.10. The number of anilines is 1. The van der Waals surface area contributed by atoms with Crippen molar-refractivity contribution in [2.75, 3.05) is 37.6 Å². The number of likely N-dealkylation sites (tertiary alicyclic amines) is 1. The highest BCUT2D eigenvalue weighted by Crippen LogP contribution is 2.43. The van der Waals surface area contributed by atoms with Crippen molar-refractivity contribution < 1.29 is 27.9 Å². The third-order valence-corrected chi connectivity index (χ3v) is 9.59. The summed E-state index contributed by atoms with van der Waals surface area (Å²) in [6, 6.07) is 8.50. The molecule has 0 saturated carbocycles. The van der Waals surface area contributed by atoms with Gasteiger partial charge in [0.1, 0.15) is 12.7 Å². The number of carbonyl (C=O) groups excluding carboxylic acids is 2. The molecule has 46 heavy (non-hydrogen) atoms. The summed E-state index contributed by atoms with van der Waals surface area (Å²) in [4.78, 5) is 33.0. The van der Waals surface area contributed by atoms with Crippen molar-refractivity contribution in [1.82, 2.24) is 25.0 Å². The first-order valence-corrected chi connectivity index (χ1v) is 16.2. The molecule has 2 N–H and O–H groups in total. The van der Waals surface area contributed by atoms with Gasteiger partial charge in [-0.05, 0) is 80.3 Å². The van der Waals surface area contributed by atoms with Crippen LogP contribution in [0.3, 0.4) is 0 Å². The van der Waals surface area contributed by atoms with Crippen molar-refractivity contribution in [3.8, 4) is 0 Å². The zero-order valence-electron chi connectivity index (χ0n) is 24.8. The van der Waals surface area contributed by atoms with E-state index in [1.165, 1.54) is 12.4 Å². The maximum absolute atomic E-state index is 14.1. The lowest BCUT2D eigenvalue weighted by Gasteiger charge is -2.40. The topological polar surface area (TPSA) is 104 Å². The molecule has 15 heteroatoms. The monoisotopic (exact) mass is 700 g/mol. The van der Waals surface area contributed by atoms with Crippen molar-refractivity contribution >= 4 is 52.3 Å². The number of aromatic nitrogens is 3. The molecule has 0 bridgehead atoms. The molecule has 248 valence electrons. The fourth-order valence-electron chi connectivity index (χ4n) is 6.28. The fourth-order valence-corrected chi connectivity index (χ4v) is 7.07. The number of benzene rings is 2. The summed E-state index contributed by atoms with van der Waals surface area (Å²) in [5, 5.41) is 17.8. The summed E-state index contributed by atoms with van der Waals surface area (Å²) >= 11 is 18.3. The lowest BCUT2D eigenvalue weighted by molar-refractivity contribution is -0.262. The van der Waals surface area contributed by atoms with E-state index in [4.69, 9.17) is 34.8 Å². The number of hydrogen-bond acceptors (Lipinski definition) is 6. The summed E-state index contributed by atoms with van der Waals surface area (Å²) in [6.45, 7) is 2.74. The van der Waals surface area contributed by atoms with Crippen LogP contribution in [0.4, 0.5) is 18.9 Å². The third kappa shape index (κ3) is 7.73. The van der Waals surface area contributed by atoms with E-state index < -0.39 is 23.2 Å². The third-order valence-electron chi connectivity index (χ3n) is 8.84. The molecule has 1 atom stereocenters. The van der Waals surface area contributed by atoms with Gasteiger partial charge in [-0.3, -0.25) is 14.3 Å². The van der Waals surface area contributed by atoms with E-state index in [1.54, 1.807) is 23.1 Å². The second-order valence-electron chi connectivity index (χ2n) is 11.8. The number of halogens is 6. The van der Waals surface area contributed by atoms with Crippen LogP contribution in [0.25, 0.3) is 0 Å². The van der Waals surface area contributed by atoms with E-state index >= 15 is 0 Å². The highest BCUT2D eigenvalue weighted by molar-refractivity contribution is 6.35. The molecule has 2 amide bonds. The first kappa shape index (κ1) is 34.3. The zero-order valence-corrected chi connectivity index (χ0v) is 27.1. The van der Waals surface area contributed by atoms with Gasteiger partial charge < -0.3 is 20.2 Å². The number of nitrogens with one attached hydrogen (secondary N) is 1. The Morgan fingerprint density at radius 2 is 1.57 bits per heavy atom. The Bertz CT molecular complexity index is 1510. The van der Waals surface area contributed by atoms with Gasteiger partial charge in [-0.2, -0.15) is 18.3 Å². The number of piperidine rings is 2. The van der Waals surface area contributed by atoms with Crippen LogP contribution in [0, 0.1) is 11.8 Å². The largest absolute Gasteiger partial charge is 0.430 e. The molecule has 2 fully saturated rings. The van der Waals surface area contributed by atoms with Crippen LogP contribution in [0.15, 0.2) is 49.1 Å². The lowest BCUT2D eigenvalue weighted by atomic mass is 9.82. The number of carbonyl (C=O) groups is 2. The lowest BCUT2D eigenvalue weighted by Crippen LogP contribution is -2.57. The first-order valence-electron chi connectivity index (χ1n) is 15.1. The molecule has 2 aliphatic heterocycles. The van der Waals surface area contributed by atoms with Gasteiger partial charge in [-0.1, -0.05) is 34.8 Å². The van der Waals surface area contributed by atoms with Gasteiger partial charge in [0, 0.05) is 54.0 Å². The second kappa shape index (κ2) is 14.4. The molecule has 2 saturated heterocycles.